The van der Waals surface area contributed by atoms with E-state index in [1.54, 1.807) is 0 Å². The van der Waals surface area contributed by atoms with Gasteiger partial charge in [0.05, 0.1) is 11.8 Å². The van der Waals surface area contributed by atoms with Gasteiger partial charge in [-0.1, -0.05) is 28.8 Å². The molecule has 1 heterocycles. The van der Waals surface area contributed by atoms with Gasteiger partial charge in [0.15, 0.2) is 5.82 Å². The van der Waals surface area contributed by atoms with E-state index in [9.17, 15) is 9.18 Å². The number of amides is 1. The molecule has 0 aliphatic rings. The third kappa shape index (κ3) is 5.26. The van der Waals surface area contributed by atoms with Crippen LogP contribution in [0.15, 0.2) is 18.5 Å². The summed E-state index contributed by atoms with van der Waals surface area (Å²) in [4.78, 5) is 15.2. The summed E-state index contributed by atoms with van der Waals surface area (Å²) in [5.41, 5.74) is 0.0560. The van der Waals surface area contributed by atoms with Gasteiger partial charge in [-0.25, -0.2) is 4.39 Å². The van der Waals surface area contributed by atoms with Crippen molar-refractivity contribution in [3.05, 3.63) is 29.8 Å². The molecule has 1 aromatic heterocycles. The standard InChI is InChI=1S/C12H16BrFN2O/c13-6-3-1-2-4-7-16-12(17)10-5-8-15-9-11(10)14/h5,8-9H,1-4,6-7H2,(H,16,17). The molecule has 0 unspecified atom stereocenters. The number of carbonyl (C=O) groups is 1. The maximum absolute atomic E-state index is 13.2. The number of hydrogen-bond donors (Lipinski definition) is 1. The number of rotatable bonds is 7. The van der Waals surface area contributed by atoms with Crippen molar-refractivity contribution in [2.75, 3.05) is 11.9 Å². The van der Waals surface area contributed by atoms with Gasteiger partial charge in [-0.15, -0.1) is 0 Å². The van der Waals surface area contributed by atoms with Gasteiger partial charge in [0.2, 0.25) is 0 Å². The number of halogens is 2. The third-order valence-electron chi connectivity index (χ3n) is 2.36. The van der Waals surface area contributed by atoms with Crippen LogP contribution in [0.3, 0.4) is 0 Å². The van der Waals surface area contributed by atoms with Crippen molar-refractivity contribution in [2.24, 2.45) is 0 Å². The minimum Gasteiger partial charge on any atom is -0.352 e. The Bertz CT molecular complexity index is 360. The Morgan fingerprint density at radius 3 is 2.82 bits per heavy atom. The fraction of sp³-hybridized carbons (Fsp3) is 0.500. The molecule has 1 amide bonds. The summed E-state index contributed by atoms with van der Waals surface area (Å²) >= 11 is 3.36. The first-order chi connectivity index (χ1) is 8.25. The van der Waals surface area contributed by atoms with E-state index in [1.807, 2.05) is 0 Å². The normalized spacial score (nSPS) is 10.2. The molecular formula is C12H16BrFN2O. The molecule has 0 aliphatic carbocycles. The van der Waals surface area contributed by atoms with Crippen LogP contribution >= 0.6 is 15.9 Å². The van der Waals surface area contributed by atoms with Crippen LogP contribution in [0.4, 0.5) is 4.39 Å². The van der Waals surface area contributed by atoms with Gasteiger partial charge in [-0.2, -0.15) is 0 Å². The van der Waals surface area contributed by atoms with E-state index >= 15 is 0 Å². The Balaban J connectivity index is 2.24. The lowest BCUT2D eigenvalue weighted by molar-refractivity contribution is 0.0948. The number of nitrogens with one attached hydrogen (secondary N) is 1. The molecule has 94 valence electrons. The number of nitrogens with zero attached hydrogens (tertiary/aromatic N) is 1. The van der Waals surface area contributed by atoms with Crippen LogP contribution in [0, 0.1) is 5.82 Å². The fourth-order valence-corrected chi connectivity index (χ4v) is 1.83. The van der Waals surface area contributed by atoms with E-state index in [4.69, 9.17) is 0 Å². The van der Waals surface area contributed by atoms with Gasteiger partial charge in [0, 0.05) is 18.1 Å². The quantitative estimate of drug-likeness (QED) is 0.621. The molecule has 0 atom stereocenters. The van der Waals surface area contributed by atoms with Crippen molar-refractivity contribution in [1.29, 1.82) is 0 Å². The molecule has 0 radical (unpaired) electrons. The summed E-state index contributed by atoms with van der Waals surface area (Å²) in [6.45, 7) is 0.586. The van der Waals surface area contributed by atoms with E-state index in [0.29, 0.717) is 6.54 Å². The Labute approximate surface area is 109 Å². The van der Waals surface area contributed by atoms with E-state index in [0.717, 1.165) is 37.2 Å². The monoisotopic (exact) mass is 302 g/mol. The lowest BCUT2D eigenvalue weighted by atomic mass is 10.2. The SMILES string of the molecule is O=C(NCCCCCCBr)c1ccncc1F. The van der Waals surface area contributed by atoms with Gasteiger partial charge in [-0.05, 0) is 18.9 Å². The van der Waals surface area contributed by atoms with Gasteiger partial charge in [0.25, 0.3) is 5.91 Å². The van der Waals surface area contributed by atoms with Crippen LogP contribution in [0.2, 0.25) is 0 Å². The first kappa shape index (κ1) is 14.1. The maximum atomic E-state index is 13.2. The maximum Gasteiger partial charge on any atom is 0.254 e. The predicted molar refractivity (Wildman–Crippen MR) is 68.8 cm³/mol. The molecular weight excluding hydrogens is 287 g/mol. The van der Waals surface area contributed by atoms with E-state index in [2.05, 4.69) is 26.2 Å². The van der Waals surface area contributed by atoms with Gasteiger partial charge in [-0.3, -0.25) is 9.78 Å². The Hall–Kier alpha value is -0.970. The first-order valence-corrected chi connectivity index (χ1v) is 6.81. The average molecular weight is 303 g/mol. The largest absolute Gasteiger partial charge is 0.352 e. The fourth-order valence-electron chi connectivity index (χ4n) is 1.43. The van der Waals surface area contributed by atoms with Crippen LogP contribution < -0.4 is 5.32 Å². The molecule has 0 spiro atoms. The van der Waals surface area contributed by atoms with E-state index in [-0.39, 0.29) is 11.5 Å². The highest BCUT2D eigenvalue weighted by Gasteiger charge is 2.09. The zero-order chi connectivity index (χ0) is 12.5. The van der Waals surface area contributed by atoms with Gasteiger partial charge in [0.1, 0.15) is 0 Å². The Morgan fingerprint density at radius 2 is 2.12 bits per heavy atom. The highest BCUT2D eigenvalue weighted by Crippen LogP contribution is 2.04. The second-order valence-electron chi connectivity index (χ2n) is 3.71. The summed E-state index contributed by atoms with van der Waals surface area (Å²) in [6.07, 6.45) is 6.74. The second kappa shape index (κ2) is 8.17. The molecule has 0 bridgehead atoms. The van der Waals surface area contributed by atoms with Crippen LogP contribution in [0.1, 0.15) is 36.0 Å². The van der Waals surface area contributed by atoms with Crippen molar-refractivity contribution < 1.29 is 9.18 Å². The molecule has 17 heavy (non-hydrogen) atoms. The molecule has 3 nitrogen and oxygen atoms in total. The molecule has 0 saturated heterocycles. The predicted octanol–water partition coefficient (Wildman–Crippen LogP) is 2.91. The van der Waals surface area contributed by atoms with Crippen molar-refractivity contribution in [3.8, 4) is 0 Å². The molecule has 1 aromatic rings. The number of pyridine rings is 1. The van der Waals surface area contributed by atoms with Crippen LogP contribution in [0.5, 0.6) is 0 Å². The molecule has 1 rings (SSSR count). The van der Waals surface area contributed by atoms with E-state index in [1.165, 1.54) is 12.3 Å². The van der Waals surface area contributed by atoms with Crippen LogP contribution in [0.25, 0.3) is 0 Å². The lowest BCUT2D eigenvalue weighted by Crippen LogP contribution is -2.25. The van der Waals surface area contributed by atoms with Crippen molar-refractivity contribution >= 4 is 21.8 Å². The number of aromatic nitrogens is 1. The Morgan fingerprint density at radius 1 is 1.35 bits per heavy atom. The van der Waals surface area contributed by atoms with Gasteiger partial charge < -0.3 is 5.32 Å². The minimum absolute atomic E-state index is 0.0560. The number of hydrogen-bond acceptors (Lipinski definition) is 2. The van der Waals surface area contributed by atoms with Crippen molar-refractivity contribution in [2.45, 2.75) is 25.7 Å². The third-order valence-corrected chi connectivity index (χ3v) is 2.92. The summed E-state index contributed by atoms with van der Waals surface area (Å²) in [5, 5.41) is 3.71. The average Bonchev–Trinajstić information content (AvgIpc) is 2.34. The lowest BCUT2D eigenvalue weighted by Gasteiger charge is -2.05. The highest BCUT2D eigenvalue weighted by molar-refractivity contribution is 9.09. The molecule has 0 saturated carbocycles. The summed E-state index contributed by atoms with van der Waals surface area (Å²) in [5.74, 6) is -0.949. The zero-order valence-electron chi connectivity index (χ0n) is 9.59. The molecule has 0 aromatic carbocycles. The highest BCUT2D eigenvalue weighted by atomic mass is 79.9. The summed E-state index contributed by atoms with van der Waals surface area (Å²) in [6, 6.07) is 1.38. The zero-order valence-corrected chi connectivity index (χ0v) is 11.2. The number of unbranched alkanes of at least 4 members (excludes halogenated alkanes) is 3. The second-order valence-corrected chi connectivity index (χ2v) is 4.51. The molecule has 0 fully saturated rings. The molecule has 5 heteroatoms. The first-order valence-electron chi connectivity index (χ1n) is 5.69. The van der Waals surface area contributed by atoms with Crippen molar-refractivity contribution in [3.63, 3.8) is 0 Å². The van der Waals surface area contributed by atoms with Gasteiger partial charge >= 0.3 is 0 Å². The minimum atomic E-state index is -0.579. The topological polar surface area (TPSA) is 42.0 Å². The Kier molecular flexibility index (Phi) is 6.77. The number of alkyl halides is 1. The van der Waals surface area contributed by atoms with Crippen LogP contribution in [-0.2, 0) is 0 Å². The van der Waals surface area contributed by atoms with Crippen LogP contribution in [-0.4, -0.2) is 22.8 Å². The summed E-state index contributed by atoms with van der Waals surface area (Å²) in [7, 11) is 0. The number of carbonyl (C=O) groups excluding carboxylic acids is 1. The smallest absolute Gasteiger partial charge is 0.254 e. The molecule has 0 aliphatic heterocycles. The summed E-state index contributed by atoms with van der Waals surface area (Å²) < 4.78 is 13.2. The van der Waals surface area contributed by atoms with Crippen molar-refractivity contribution in [1.82, 2.24) is 10.3 Å². The molecule has 1 N–H and O–H groups in total. The van der Waals surface area contributed by atoms with E-state index < -0.39 is 5.82 Å².